The number of alkyl halides is 3. The highest BCUT2D eigenvalue weighted by molar-refractivity contribution is 7.80. The van der Waals surface area contributed by atoms with Crippen LogP contribution in [-0.4, -0.2) is 21.0 Å². The van der Waals surface area contributed by atoms with Crippen molar-refractivity contribution in [3.63, 3.8) is 0 Å². The number of benzene rings is 1. The summed E-state index contributed by atoms with van der Waals surface area (Å²) < 4.78 is -1.79. The van der Waals surface area contributed by atoms with Gasteiger partial charge in [0.05, 0.1) is 10.7 Å². The summed E-state index contributed by atoms with van der Waals surface area (Å²) in [6.07, 6.45) is 0.951. The number of nitrogens with one attached hydrogen (secondary N) is 3. The zero-order valence-corrected chi connectivity index (χ0v) is 17.2. The summed E-state index contributed by atoms with van der Waals surface area (Å²) in [6, 6.07) is 4.87. The van der Waals surface area contributed by atoms with Crippen molar-refractivity contribution in [2.45, 2.75) is 36.1 Å². The van der Waals surface area contributed by atoms with Crippen LogP contribution in [0, 0.1) is 0 Å². The van der Waals surface area contributed by atoms with E-state index in [4.69, 9.17) is 70.2 Å². The van der Waals surface area contributed by atoms with Crippen LogP contribution >= 0.6 is 70.2 Å². The molecule has 0 aliphatic rings. The molecular weight excluding hydrogens is 436 g/mol. The minimum atomic E-state index is -1.79. The lowest BCUT2D eigenvalue weighted by Crippen LogP contribution is -2.56. The number of anilines is 1. The third-order valence-corrected chi connectivity index (χ3v) is 4.27. The van der Waals surface area contributed by atoms with Crippen molar-refractivity contribution in [2.75, 3.05) is 5.32 Å². The van der Waals surface area contributed by atoms with E-state index in [2.05, 4.69) is 16.0 Å². The van der Waals surface area contributed by atoms with Crippen LogP contribution in [0.25, 0.3) is 0 Å². The molecule has 4 nitrogen and oxygen atoms in total. The molecule has 10 heteroatoms. The fourth-order valence-corrected chi connectivity index (χ4v) is 2.66. The highest BCUT2D eigenvalue weighted by atomic mass is 35.6. The van der Waals surface area contributed by atoms with Gasteiger partial charge in [-0.15, -0.1) is 0 Å². The van der Waals surface area contributed by atoms with E-state index >= 15 is 0 Å². The van der Waals surface area contributed by atoms with E-state index in [-0.39, 0.29) is 11.0 Å². The first kappa shape index (κ1) is 21.9. The van der Waals surface area contributed by atoms with Crippen molar-refractivity contribution in [1.82, 2.24) is 10.6 Å². The smallest absolute Gasteiger partial charge is 0.228 e. The van der Waals surface area contributed by atoms with Crippen molar-refractivity contribution in [3.05, 3.63) is 28.2 Å². The predicted molar refractivity (Wildman–Crippen MR) is 108 cm³/mol. The Morgan fingerprint density at radius 2 is 1.92 bits per heavy atom. The Bertz CT molecular complexity index is 594. The first-order valence-electron chi connectivity index (χ1n) is 7.02. The summed E-state index contributed by atoms with van der Waals surface area (Å²) in [5.41, 5.74) is 0.527. The molecular formula is C14H16Cl5N3OS. The monoisotopic (exact) mass is 449 g/mol. The van der Waals surface area contributed by atoms with Gasteiger partial charge < -0.3 is 16.0 Å². The van der Waals surface area contributed by atoms with Gasteiger partial charge in [0.2, 0.25) is 9.70 Å². The molecule has 134 valence electrons. The van der Waals surface area contributed by atoms with Crippen LogP contribution in [-0.2, 0) is 4.79 Å². The standard InChI is InChI=1S/C14H16Cl5N3OS/c1-2-3-4-11(23)21-12(14(17,18)19)22-13(24)20-10-6-5-8(15)7-9(10)16/h5-7,12H,2-4H2,1H3,(H,21,23)(H2,20,22,24)/t12-/m1/s1. The topological polar surface area (TPSA) is 53.2 Å². The summed E-state index contributed by atoms with van der Waals surface area (Å²) in [4.78, 5) is 11.9. The highest BCUT2D eigenvalue weighted by Crippen LogP contribution is 2.30. The Balaban J connectivity index is 2.72. The number of hydrogen-bond acceptors (Lipinski definition) is 2. The molecule has 1 atom stereocenters. The third-order valence-electron chi connectivity index (χ3n) is 2.84. The lowest BCUT2D eigenvalue weighted by atomic mass is 10.2. The maximum atomic E-state index is 11.9. The number of amides is 1. The molecule has 0 heterocycles. The van der Waals surface area contributed by atoms with Gasteiger partial charge in [-0.3, -0.25) is 4.79 Å². The largest absolute Gasteiger partial charge is 0.339 e. The van der Waals surface area contributed by atoms with E-state index in [1.54, 1.807) is 18.2 Å². The van der Waals surface area contributed by atoms with Gasteiger partial charge in [-0.1, -0.05) is 71.3 Å². The molecule has 0 saturated heterocycles. The molecule has 0 saturated carbocycles. The average Bonchev–Trinajstić information content (AvgIpc) is 2.46. The molecule has 0 aliphatic heterocycles. The fraction of sp³-hybridized carbons (Fsp3) is 0.429. The van der Waals surface area contributed by atoms with Crippen LogP contribution in [0.15, 0.2) is 18.2 Å². The van der Waals surface area contributed by atoms with Crippen LogP contribution in [0.1, 0.15) is 26.2 Å². The number of carbonyl (C=O) groups is 1. The van der Waals surface area contributed by atoms with E-state index < -0.39 is 9.96 Å². The molecule has 1 aromatic rings. The zero-order valence-electron chi connectivity index (χ0n) is 12.6. The average molecular weight is 452 g/mol. The predicted octanol–water partition coefficient (Wildman–Crippen LogP) is 5.28. The Labute approximate surface area is 171 Å². The molecule has 0 aliphatic carbocycles. The molecule has 0 aromatic heterocycles. The van der Waals surface area contributed by atoms with Crippen LogP contribution in [0.3, 0.4) is 0 Å². The molecule has 0 fully saturated rings. The van der Waals surface area contributed by atoms with Crippen LogP contribution in [0.4, 0.5) is 5.69 Å². The van der Waals surface area contributed by atoms with Crippen molar-refractivity contribution in [1.29, 1.82) is 0 Å². The van der Waals surface area contributed by atoms with E-state index in [0.717, 1.165) is 12.8 Å². The maximum Gasteiger partial charge on any atom is 0.228 e. The Morgan fingerprint density at radius 1 is 1.25 bits per heavy atom. The second-order valence-corrected chi connectivity index (χ2v) is 8.49. The van der Waals surface area contributed by atoms with Gasteiger partial charge in [-0.2, -0.15) is 0 Å². The van der Waals surface area contributed by atoms with Crippen molar-refractivity contribution in [2.24, 2.45) is 0 Å². The minimum absolute atomic E-state index is 0.131. The fourth-order valence-electron chi connectivity index (χ4n) is 1.65. The molecule has 0 spiro atoms. The number of carbonyl (C=O) groups excluding carboxylic acids is 1. The second-order valence-electron chi connectivity index (χ2n) is 4.87. The van der Waals surface area contributed by atoms with Gasteiger partial charge in [0.25, 0.3) is 0 Å². The van der Waals surface area contributed by atoms with Gasteiger partial charge in [-0.05, 0) is 36.8 Å². The molecule has 1 aromatic carbocycles. The maximum absolute atomic E-state index is 11.9. The first-order valence-corrected chi connectivity index (χ1v) is 9.32. The lowest BCUT2D eigenvalue weighted by molar-refractivity contribution is -0.122. The summed E-state index contributed by atoms with van der Waals surface area (Å²) >= 11 is 34.8. The van der Waals surface area contributed by atoms with Crippen molar-refractivity contribution >= 4 is 86.9 Å². The quantitative estimate of drug-likeness (QED) is 0.313. The molecule has 3 N–H and O–H groups in total. The van der Waals surface area contributed by atoms with E-state index in [1.165, 1.54) is 0 Å². The van der Waals surface area contributed by atoms with Gasteiger partial charge in [0.1, 0.15) is 6.17 Å². The van der Waals surface area contributed by atoms with Crippen molar-refractivity contribution in [3.8, 4) is 0 Å². The number of hydrogen-bond donors (Lipinski definition) is 3. The van der Waals surface area contributed by atoms with E-state index in [9.17, 15) is 4.79 Å². The first-order chi connectivity index (χ1) is 11.1. The van der Waals surface area contributed by atoms with E-state index in [1.807, 2.05) is 6.92 Å². The van der Waals surface area contributed by atoms with Crippen LogP contribution in [0.2, 0.25) is 10.0 Å². The molecule has 1 amide bonds. The number of unbranched alkanes of at least 4 members (excludes halogenated alkanes) is 1. The lowest BCUT2D eigenvalue weighted by Gasteiger charge is -2.28. The summed E-state index contributed by atoms with van der Waals surface area (Å²) in [7, 11) is 0. The molecule has 1 rings (SSSR count). The molecule has 0 bridgehead atoms. The highest BCUT2D eigenvalue weighted by Gasteiger charge is 2.34. The number of halogens is 5. The normalized spacial score (nSPS) is 12.4. The van der Waals surface area contributed by atoms with Gasteiger partial charge >= 0.3 is 0 Å². The second kappa shape index (κ2) is 10.1. The summed E-state index contributed by atoms with van der Waals surface area (Å²) in [6.45, 7) is 1.98. The Kier molecular flexibility index (Phi) is 9.20. The van der Waals surface area contributed by atoms with Gasteiger partial charge in [0, 0.05) is 11.4 Å². The third kappa shape index (κ3) is 7.81. The van der Waals surface area contributed by atoms with Crippen molar-refractivity contribution < 1.29 is 4.79 Å². The molecule has 24 heavy (non-hydrogen) atoms. The zero-order chi connectivity index (χ0) is 18.3. The SMILES string of the molecule is CCCCC(=O)N[C@H](NC(=S)Nc1ccc(Cl)cc1Cl)C(Cl)(Cl)Cl. The number of thiocarbonyl (C=S) groups is 1. The minimum Gasteiger partial charge on any atom is -0.339 e. The number of rotatable bonds is 6. The Hall–Kier alpha value is -0.170. The van der Waals surface area contributed by atoms with Gasteiger partial charge in [-0.25, -0.2) is 0 Å². The van der Waals surface area contributed by atoms with Crippen LogP contribution in [0.5, 0.6) is 0 Å². The summed E-state index contributed by atoms with van der Waals surface area (Å²) in [5.74, 6) is -0.243. The molecule has 0 unspecified atom stereocenters. The molecule has 0 radical (unpaired) electrons. The van der Waals surface area contributed by atoms with Crippen LogP contribution < -0.4 is 16.0 Å². The Morgan fingerprint density at radius 3 is 2.46 bits per heavy atom. The van der Waals surface area contributed by atoms with Gasteiger partial charge in [0.15, 0.2) is 5.11 Å². The van der Waals surface area contributed by atoms with E-state index in [0.29, 0.717) is 22.2 Å². The summed E-state index contributed by atoms with van der Waals surface area (Å²) in [5, 5.41) is 9.22.